The number of anilines is 1. The number of hydrogen-bond donors (Lipinski definition) is 3. The number of amides is 1. The molecule has 4 aromatic rings. The average molecular weight is 470 g/mol. The highest BCUT2D eigenvalue weighted by atomic mass is 32.2. The lowest BCUT2D eigenvalue weighted by Crippen LogP contribution is -2.14. The quantitative estimate of drug-likeness (QED) is 0.372. The van der Waals surface area contributed by atoms with Gasteiger partial charge < -0.3 is 10.7 Å². The van der Waals surface area contributed by atoms with Crippen LogP contribution >= 0.6 is 0 Å². The fourth-order valence-electron chi connectivity index (χ4n) is 3.37. The number of halogens is 2. The van der Waals surface area contributed by atoms with E-state index in [1.807, 2.05) is 4.72 Å². The van der Waals surface area contributed by atoms with Gasteiger partial charge in [0, 0.05) is 34.5 Å². The van der Waals surface area contributed by atoms with E-state index in [-0.39, 0.29) is 16.5 Å². The highest BCUT2D eigenvalue weighted by molar-refractivity contribution is 7.92. The molecule has 0 saturated carbocycles. The topological polar surface area (TPSA) is 135 Å². The van der Waals surface area contributed by atoms with Crippen molar-refractivity contribution in [3.63, 3.8) is 0 Å². The first-order valence-corrected chi connectivity index (χ1v) is 11.3. The second kappa shape index (κ2) is 8.10. The molecule has 168 valence electrons. The van der Waals surface area contributed by atoms with Crippen LogP contribution in [0.15, 0.2) is 54.9 Å². The van der Waals surface area contributed by atoms with E-state index in [4.69, 9.17) is 5.73 Å². The summed E-state index contributed by atoms with van der Waals surface area (Å²) >= 11 is 0. The first-order chi connectivity index (χ1) is 15.5. The van der Waals surface area contributed by atoms with E-state index >= 15 is 0 Å². The third kappa shape index (κ3) is 4.30. The molecule has 0 aliphatic heterocycles. The molecule has 4 rings (SSSR count). The van der Waals surface area contributed by atoms with Gasteiger partial charge in [-0.1, -0.05) is 12.1 Å². The molecule has 2 heterocycles. The zero-order valence-corrected chi connectivity index (χ0v) is 17.8. The number of carbonyl (C=O) groups is 2. The first-order valence-electron chi connectivity index (χ1n) is 9.43. The van der Waals surface area contributed by atoms with Gasteiger partial charge in [-0.3, -0.25) is 14.3 Å². The summed E-state index contributed by atoms with van der Waals surface area (Å²) in [5, 5.41) is 0.280. The number of H-pyrrole nitrogens is 1. The Hall–Kier alpha value is -4.12. The van der Waals surface area contributed by atoms with E-state index in [9.17, 15) is 26.8 Å². The number of nitrogens with one attached hydrogen (secondary N) is 2. The van der Waals surface area contributed by atoms with Crippen LogP contribution in [-0.4, -0.2) is 36.3 Å². The summed E-state index contributed by atoms with van der Waals surface area (Å²) in [7, 11) is -3.86. The molecule has 0 atom stereocenters. The van der Waals surface area contributed by atoms with Gasteiger partial charge in [0.05, 0.1) is 17.5 Å². The van der Waals surface area contributed by atoms with Crippen LogP contribution in [0.25, 0.3) is 22.2 Å². The van der Waals surface area contributed by atoms with Crippen LogP contribution in [0, 0.1) is 11.6 Å². The third-order valence-electron chi connectivity index (χ3n) is 4.87. The number of fused-ring (bicyclic) bond motifs is 1. The van der Waals surface area contributed by atoms with Gasteiger partial charge in [0.15, 0.2) is 5.82 Å². The predicted octanol–water partition coefficient (Wildman–Crippen LogP) is 3.21. The summed E-state index contributed by atoms with van der Waals surface area (Å²) in [5.74, 6) is -4.10. The van der Waals surface area contributed by atoms with Gasteiger partial charge in [-0.2, -0.15) is 0 Å². The Kier molecular flexibility index (Phi) is 5.42. The van der Waals surface area contributed by atoms with Crippen LogP contribution in [0.5, 0.6) is 0 Å². The number of primary amides is 1. The van der Waals surface area contributed by atoms with Crippen LogP contribution in [-0.2, 0) is 10.0 Å². The maximum Gasteiger partial charge on any atom is 0.248 e. The summed E-state index contributed by atoms with van der Waals surface area (Å²) in [6, 6.07) is 9.73. The van der Waals surface area contributed by atoms with E-state index in [0.29, 0.717) is 16.8 Å². The summed E-state index contributed by atoms with van der Waals surface area (Å²) in [6.07, 6.45) is 3.57. The lowest BCUT2D eigenvalue weighted by molar-refractivity contribution is 0.0998. The number of aromatic amines is 1. The maximum absolute atomic E-state index is 14.9. The van der Waals surface area contributed by atoms with Gasteiger partial charge in [0.2, 0.25) is 21.7 Å². The molecule has 0 saturated heterocycles. The van der Waals surface area contributed by atoms with Crippen molar-refractivity contribution < 1.29 is 26.8 Å². The van der Waals surface area contributed by atoms with Crippen molar-refractivity contribution in [2.75, 3.05) is 11.0 Å². The number of carbonyl (C=O) groups excluding carboxylic acids is 2. The van der Waals surface area contributed by atoms with Crippen LogP contribution in [0.3, 0.4) is 0 Å². The van der Waals surface area contributed by atoms with Gasteiger partial charge in [0.25, 0.3) is 0 Å². The third-order valence-corrected chi connectivity index (χ3v) is 5.46. The van der Waals surface area contributed by atoms with Crippen molar-refractivity contribution in [3.05, 3.63) is 83.2 Å². The van der Waals surface area contributed by atoms with E-state index in [2.05, 4.69) is 9.97 Å². The van der Waals surface area contributed by atoms with Crippen molar-refractivity contribution in [2.45, 2.75) is 0 Å². The summed E-state index contributed by atoms with van der Waals surface area (Å²) in [5.41, 5.74) is 5.49. The second-order valence-corrected chi connectivity index (χ2v) is 9.00. The monoisotopic (exact) mass is 470 g/mol. The Morgan fingerprint density at radius 2 is 1.85 bits per heavy atom. The van der Waals surface area contributed by atoms with Crippen molar-refractivity contribution in [1.29, 1.82) is 0 Å². The van der Waals surface area contributed by atoms with Gasteiger partial charge in [-0.15, -0.1) is 0 Å². The van der Waals surface area contributed by atoms with E-state index in [0.717, 1.165) is 18.4 Å². The Labute approximate surface area is 186 Å². The standard InChI is InChI=1S/C22H16F2N4O4S/c1-33(31,32)28-17-6-5-16(23)18(19(17)24)20(29)15-10-27-22-14(15)8-13(9-26-22)11-3-2-4-12(7-11)21(25)30/h2-10,28H,1H3,(H2,25,30)(H,26,27). The van der Waals surface area contributed by atoms with Crippen molar-refractivity contribution in [2.24, 2.45) is 5.73 Å². The van der Waals surface area contributed by atoms with Crippen molar-refractivity contribution >= 4 is 38.4 Å². The number of rotatable bonds is 6. The number of pyridine rings is 1. The van der Waals surface area contributed by atoms with E-state index in [1.165, 1.54) is 12.4 Å². The molecule has 2 aromatic heterocycles. The zero-order chi connectivity index (χ0) is 23.9. The molecule has 8 nitrogen and oxygen atoms in total. The molecule has 1 amide bonds. The lowest BCUT2D eigenvalue weighted by Gasteiger charge is -2.10. The average Bonchev–Trinajstić information content (AvgIpc) is 3.18. The molecule has 0 bridgehead atoms. The Bertz CT molecular complexity index is 1550. The highest BCUT2D eigenvalue weighted by Crippen LogP contribution is 2.29. The molecular formula is C22H16F2N4O4S. The SMILES string of the molecule is CS(=O)(=O)Nc1ccc(F)c(C(=O)c2c[nH]c3ncc(-c4cccc(C(N)=O)c4)cc23)c1F. The second-order valence-electron chi connectivity index (χ2n) is 7.25. The molecule has 0 aliphatic carbocycles. The smallest absolute Gasteiger partial charge is 0.248 e. The Balaban J connectivity index is 1.82. The first kappa shape index (κ1) is 22.1. The summed E-state index contributed by atoms with van der Waals surface area (Å²) in [6.45, 7) is 0. The number of sulfonamides is 1. The van der Waals surface area contributed by atoms with Gasteiger partial charge >= 0.3 is 0 Å². The minimum Gasteiger partial charge on any atom is -0.366 e. The fourth-order valence-corrected chi connectivity index (χ4v) is 3.93. The largest absolute Gasteiger partial charge is 0.366 e. The van der Waals surface area contributed by atoms with Crippen LogP contribution in [0.1, 0.15) is 26.3 Å². The molecule has 0 aliphatic rings. The molecule has 2 aromatic carbocycles. The lowest BCUT2D eigenvalue weighted by atomic mass is 9.99. The zero-order valence-electron chi connectivity index (χ0n) is 17.0. The fraction of sp³-hybridized carbons (Fsp3) is 0.0455. The van der Waals surface area contributed by atoms with E-state index < -0.39 is 44.6 Å². The van der Waals surface area contributed by atoms with Gasteiger partial charge in [0.1, 0.15) is 11.5 Å². The number of aromatic nitrogens is 2. The minimum absolute atomic E-state index is 0.0697. The molecule has 0 fully saturated rings. The molecule has 4 N–H and O–H groups in total. The van der Waals surface area contributed by atoms with E-state index in [1.54, 1.807) is 30.3 Å². The summed E-state index contributed by atoms with van der Waals surface area (Å²) < 4.78 is 54.2. The maximum atomic E-state index is 14.9. The van der Waals surface area contributed by atoms with Crippen LogP contribution in [0.2, 0.25) is 0 Å². The van der Waals surface area contributed by atoms with Crippen molar-refractivity contribution in [3.8, 4) is 11.1 Å². The number of hydrogen-bond acceptors (Lipinski definition) is 5. The summed E-state index contributed by atoms with van der Waals surface area (Å²) in [4.78, 5) is 31.6. The molecule has 33 heavy (non-hydrogen) atoms. The predicted molar refractivity (Wildman–Crippen MR) is 118 cm³/mol. The molecular weight excluding hydrogens is 454 g/mol. The number of ketones is 1. The van der Waals surface area contributed by atoms with Gasteiger partial charge in [-0.25, -0.2) is 22.2 Å². The number of benzene rings is 2. The van der Waals surface area contributed by atoms with Crippen LogP contribution in [0.4, 0.5) is 14.5 Å². The Morgan fingerprint density at radius 3 is 2.55 bits per heavy atom. The molecule has 0 unspecified atom stereocenters. The van der Waals surface area contributed by atoms with Crippen molar-refractivity contribution in [1.82, 2.24) is 9.97 Å². The molecule has 0 radical (unpaired) electrons. The molecule has 11 heteroatoms. The van der Waals surface area contributed by atoms with Crippen LogP contribution < -0.4 is 10.5 Å². The highest BCUT2D eigenvalue weighted by Gasteiger charge is 2.25. The minimum atomic E-state index is -3.86. The molecule has 0 spiro atoms. The van der Waals surface area contributed by atoms with Gasteiger partial charge in [-0.05, 0) is 35.9 Å². The normalized spacial score (nSPS) is 11.5. The number of nitrogens with two attached hydrogens (primary N) is 1. The number of nitrogens with zero attached hydrogens (tertiary/aromatic N) is 1. The Morgan fingerprint density at radius 1 is 1.09 bits per heavy atom.